The van der Waals surface area contributed by atoms with Crippen molar-refractivity contribution in [3.8, 4) is 0 Å². The molecule has 4 atom stereocenters. The smallest absolute Gasteiger partial charge is 0.251 e. The van der Waals surface area contributed by atoms with Gasteiger partial charge in [0.05, 0.1) is 18.2 Å². The van der Waals surface area contributed by atoms with Gasteiger partial charge in [0.2, 0.25) is 5.91 Å². The van der Waals surface area contributed by atoms with Crippen LogP contribution in [0.2, 0.25) is 0 Å². The van der Waals surface area contributed by atoms with E-state index in [0.29, 0.717) is 50.2 Å². The average Bonchev–Trinajstić information content (AvgIpc) is 3.58. The Kier molecular flexibility index (Phi) is 10.2. The van der Waals surface area contributed by atoms with Crippen LogP contribution in [0.25, 0.3) is 0 Å². The van der Waals surface area contributed by atoms with Gasteiger partial charge in [-0.25, -0.2) is 8.78 Å². The Morgan fingerprint density at radius 3 is 2.46 bits per heavy atom. The van der Waals surface area contributed by atoms with Gasteiger partial charge in [-0.2, -0.15) is 0 Å². The van der Waals surface area contributed by atoms with E-state index >= 15 is 0 Å². The number of aliphatic hydroxyl groups excluding tert-OH is 1. The molecule has 2 heterocycles. The number of nitrogens with zero attached hydrogens (tertiary/aromatic N) is 1. The highest BCUT2D eigenvalue weighted by molar-refractivity contribution is 6.04. The maximum atomic E-state index is 14.0. The van der Waals surface area contributed by atoms with Crippen LogP contribution in [0.5, 0.6) is 0 Å². The normalized spacial score (nSPS) is 20.5. The molecular formula is C31H39F2N3O5. The average molecular weight is 572 g/mol. The van der Waals surface area contributed by atoms with E-state index in [1.807, 2.05) is 6.92 Å². The predicted octanol–water partition coefficient (Wildman–Crippen LogP) is 3.79. The number of halogens is 2. The maximum absolute atomic E-state index is 14.0. The zero-order valence-corrected chi connectivity index (χ0v) is 23.8. The summed E-state index contributed by atoms with van der Waals surface area (Å²) in [5.74, 6) is -2.68. The minimum atomic E-state index is -1.11. The Bertz CT molecular complexity index is 1250. The summed E-state index contributed by atoms with van der Waals surface area (Å²) in [6, 6.07) is 6.42. The summed E-state index contributed by atoms with van der Waals surface area (Å²) in [5.41, 5.74) is 1.19. The monoisotopic (exact) mass is 571 g/mol. The number of hydrogen-bond donors (Lipinski definition) is 3. The molecule has 222 valence electrons. The third kappa shape index (κ3) is 7.75. The second-order valence-electron chi connectivity index (χ2n) is 11.2. The summed E-state index contributed by atoms with van der Waals surface area (Å²) in [7, 11) is 0. The number of benzene rings is 2. The Hall–Kier alpha value is -3.21. The van der Waals surface area contributed by atoms with Gasteiger partial charge < -0.3 is 25.4 Å². The summed E-state index contributed by atoms with van der Waals surface area (Å²) in [5, 5.41) is 17.5. The number of rotatable bonds is 12. The molecule has 0 unspecified atom stereocenters. The van der Waals surface area contributed by atoms with Crippen molar-refractivity contribution in [2.24, 2.45) is 5.92 Å². The first-order valence-electron chi connectivity index (χ1n) is 14.3. The summed E-state index contributed by atoms with van der Waals surface area (Å²) in [4.78, 5) is 40.6. The fraction of sp³-hybridized carbons (Fsp3) is 0.516. The Labute approximate surface area is 239 Å². The van der Waals surface area contributed by atoms with Crippen LogP contribution in [-0.2, 0) is 16.0 Å². The van der Waals surface area contributed by atoms with Gasteiger partial charge in [0.1, 0.15) is 11.6 Å². The molecule has 0 aromatic heterocycles. The van der Waals surface area contributed by atoms with Crippen molar-refractivity contribution in [1.82, 2.24) is 10.6 Å². The number of carbonyl (C=O) groups is 3. The number of carbonyl (C=O) groups excluding carboxylic acids is 3. The largest absolute Gasteiger partial charge is 0.389 e. The summed E-state index contributed by atoms with van der Waals surface area (Å²) >= 11 is 0. The van der Waals surface area contributed by atoms with Crippen molar-refractivity contribution < 1.29 is 33.0 Å². The number of anilines is 1. The SMILES string of the molecule is CCCO[C@H]1CN[C@@H]([C@@H](O)[C@H](Cc2cc(F)cc(F)c2)NC(=O)c2cc(C(=O)C(C)C)cc(N3CCCC3=O)c2)C1. The van der Waals surface area contributed by atoms with E-state index in [-0.39, 0.29) is 41.3 Å². The van der Waals surface area contributed by atoms with Crippen molar-refractivity contribution in [1.29, 1.82) is 0 Å². The van der Waals surface area contributed by atoms with Crippen molar-refractivity contribution in [3.05, 3.63) is 64.7 Å². The maximum Gasteiger partial charge on any atom is 0.251 e. The van der Waals surface area contributed by atoms with Gasteiger partial charge in [0, 0.05) is 61.0 Å². The molecule has 0 radical (unpaired) electrons. The van der Waals surface area contributed by atoms with Gasteiger partial charge >= 0.3 is 0 Å². The van der Waals surface area contributed by atoms with E-state index in [0.717, 1.165) is 12.5 Å². The van der Waals surface area contributed by atoms with Gasteiger partial charge in [0.15, 0.2) is 5.78 Å². The molecule has 2 aromatic rings. The first-order valence-corrected chi connectivity index (χ1v) is 14.3. The zero-order chi connectivity index (χ0) is 29.7. The van der Waals surface area contributed by atoms with E-state index in [1.165, 1.54) is 18.2 Å². The highest BCUT2D eigenvalue weighted by Crippen LogP contribution is 2.26. The van der Waals surface area contributed by atoms with Crippen molar-refractivity contribution in [2.75, 3.05) is 24.6 Å². The van der Waals surface area contributed by atoms with Gasteiger partial charge in [-0.1, -0.05) is 20.8 Å². The number of ketones is 1. The molecule has 2 fully saturated rings. The number of aliphatic hydroxyl groups is 1. The zero-order valence-electron chi connectivity index (χ0n) is 23.8. The molecule has 2 aromatic carbocycles. The fourth-order valence-electron chi connectivity index (χ4n) is 5.47. The van der Waals surface area contributed by atoms with Crippen LogP contribution in [0.4, 0.5) is 14.5 Å². The van der Waals surface area contributed by atoms with E-state index in [2.05, 4.69) is 10.6 Å². The minimum Gasteiger partial charge on any atom is -0.389 e. The highest BCUT2D eigenvalue weighted by Gasteiger charge is 2.36. The third-order valence-corrected chi connectivity index (χ3v) is 7.58. The van der Waals surface area contributed by atoms with E-state index < -0.39 is 35.7 Å². The standard InChI is InChI=1S/C31H39F2N3O5/c1-4-8-41-25-16-26(34-17-25)30(39)27(11-19-9-22(32)15-23(33)10-19)35-31(40)21-12-20(29(38)18(2)3)13-24(14-21)36-7-5-6-28(36)37/h9-10,12-15,18,25-27,30,34,39H,4-8,11,16-17H2,1-3H3,(H,35,40)/t25-,26-,27+,30-/m1/s1. The summed E-state index contributed by atoms with van der Waals surface area (Å²) in [6.07, 6.45) is 1.18. The number of ether oxygens (including phenoxy) is 1. The lowest BCUT2D eigenvalue weighted by atomic mass is 9.94. The highest BCUT2D eigenvalue weighted by atomic mass is 19.1. The molecule has 4 rings (SSSR count). The van der Waals surface area contributed by atoms with Crippen molar-refractivity contribution in [2.45, 2.75) is 77.2 Å². The second-order valence-corrected chi connectivity index (χ2v) is 11.2. The molecular weight excluding hydrogens is 532 g/mol. The topological polar surface area (TPSA) is 108 Å². The number of hydrogen-bond acceptors (Lipinski definition) is 6. The molecule has 2 aliphatic heterocycles. The van der Waals surface area contributed by atoms with Crippen LogP contribution in [-0.4, -0.2) is 66.7 Å². The van der Waals surface area contributed by atoms with Gasteiger partial charge in [-0.15, -0.1) is 0 Å². The third-order valence-electron chi connectivity index (χ3n) is 7.58. The number of Topliss-reactive ketones (excluding diaryl/α,β-unsaturated/α-hetero) is 1. The molecule has 3 N–H and O–H groups in total. The molecule has 0 saturated carbocycles. The molecule has 2 saturated heterocycles. The predicted molar refractivity (Wildman–Crippen MR) is 151 cm³/mol. The molecule has 41 heavy (non-hydrogen) atoms. The summed E-state index contributed by atoms with van der Waals surface area (Å²) in [6.45, 7) is 7.13. The molecule has 0 bridgehead atoms. The van der Waals surface area contributed by atoms with E-state index in [4.69, 9.17) is 4.74 Å². The van der Waals surface area contributed by atoms with Gasteiger partial charge in [0.25, 0.3) is 5.91 Å². The van der Waals surface area contributed by atoms with Crippen molar-refractivity contribution in [3.63, 3.8) is 0 Å². The van der Waals surface area contributed by atoms with E-state index in [9.17, 15) is 28.3 Å². The minimum absolute atomic E-state index is 0.0394. The van der Waals surface area contributed by atoms with Crippen LogP contribution in [0.3, 0.4) is 0 Å². The molecule has 2 amide bonds. The van der Waals surface area contributed by atoms with Gasteiger partial charge in [-0.05, 0) is 61.6 Å². The van der Waals surface area contributed by atoms with Crippen LogP contribution < -0.4 is 15.5 Å². The van der Waals surface area contributed by atoms with Crippen LogP contribution in [0.15, 0.2) is 36.4 Å². The molecule has 2 aliphatic rings. The van der Waals surface area contributed by atoms with Crippen molar-refractivity contribution >= 4 is 23.3 Å². The number of amides is 2. The first-order chi connectivity index (χ1) is 19.5. The quantitative estimate of drug-likeness (QED) is 0.335. The molecule has 8 nitrogen and oxygen atoms in total. The Morgan fingerprint density at radius 1 is 1.12 bits per heavy atom. The lowest BCUT2D eigenvalue weighted by molar-refractivity contribution is -0.117. The lowest BCUT2D eigenvalue weighted by Crippen LogP contribution is -2.52. The fourth-order valence-corrected chi connectivity index (χ4v) is 5.47. The Morgan fingerprint density at radius 2 is 1.83 bits per heavy atom. The lowest BCUT2D eigenvalue weighted by Gasteiger charge is -2.29. The Balaban J connectivity index is 1.63. The first kappa shape index (κ1) is 30.7. The van der Waals surface area contributed by atoms with Crippen LogP contribution in [0, 0.1) is 17.6 Å². The van der Waals surface area contributed by atoms with Crippen LogP contribution >= 0.6 is 0 Å². The van der Waals surface area contributed by atoms with E-state index in [1.54, 1.807) is 30.9 Å². The molecule has 10 heteroatoms. The number of nitrogens with one attached hydrogen (secondary N) is 2. The van der Waals surface area contributed by atoms with Gasteiger partial charge in [-0.3, -0.25) is 14.4 Å². The molecule has 0 aliphatic carbocycles. The summed E-state index contributed by atoms with van der Waals surface area (Å²) < 4.78 is 33.8. The second kappa shape index (κ2) is 13.6. The van der Waals surface area contributed by atoms with Crippen LogP contribution in [0.1, 0.15) is 72.7 Å². The molecule has 0 spiro atoms.